The Morgan fingerprint density at radius 3 is 2.64 bits per heavy atom. The van der Waals surface area contributed by atoms with Gasteiger partial charge in [-0.3, -0.25) is 4.79 Å². The zero-order chi connectivity index (χ0) is 19.9. The van der Waals surface area contributed by atoms with Crippen molar-refractivity contribution in [2.75, 3.05) is 44.0 Å². The van der Waals surface area contributed by atoms with Crippen molar-refractivity contribution in [3.8, 4) is 5.75 Å². The fraction of sp³-hybridized carbons (Fsp3) is 0.455. The fourth-order valence-electron chi connectivity index (χ4n) is 3.33. The van der Waals surface area contributed by atoms with Crippen molar-refractivity contribution in [1.82, 2.24) is 9.88 Å². The topological polar surface area (TPSA) is 57.7 Å². The number of nitrogens with one attached hydrogen (secondary N) is 1. The lowest BCUT2D eigenvalue weighted by molar-refractivity contribution is -0.133. The van der Waals surface area contributed by atoms with E-state index in [-0.39, 0.29) is 12.5 Å². The lowest BCUT2D eigenvalue weighted by Gasteiger charge is -2.21. The molecule has 1 amide bonds. The Hall–Kier alpha value is -2.76. The fourth-order valence-corrected chi connectivity index (χ4v) is 3.33. The van der Waals surface area contributed by atoms with Crippen molar-refractivity contribution >= 4 is 17.4 Å². The van der Waals surface area contributed by atoms with E-state index in [1.165, 1.54) is 5.56 Å². The number of aryl methyl sites for hydroxylation is 1. The highest BCUT2D eigenvalue weighted by atomic mass is 16.5. The molecule has 2 aromatic rings. The van der Waals surface area contributed by atoms with Crippen LogP contribution in [0.3, 0.4) is 0 Å². The molecule has 6 heteroatoms. The van der Waals surface area contributed by atoms with Gasteiger partial charge in [0, 0.05) is 33.2 Å². The molecule has 0 aliphatic carbocycles. The number of pyridine rings is 1. The zero-order valence-electron chi connectivity index (χ0n) is 17.0. The molecule has 3 rings (SSSR count). The number of benzene rings is 1. The number of anilines is 2. The van der Waals surface area contributed by atoms with E-state index in [2.05, 4.69) is 16.4 Å². The quantitative estimate of drug-likeness (QED) is 0.830. The van der Waals surface area contributed by atoms with E-state index in [1.807, 2.05) is 67.3 Å². The largest absolute Gasteiger partial charge is 0.484 e. The van der Waals surface area contributed by atoms with Crippen molar-refractivity contribution in [3.05, 3.63) is 48.2 Å². The van der Waals surface area contributed by atoms with Gasteiger partial charge in [-0.15, -0.1) is 0 Å². The minimum atomic E-state index is 0.0539. The molecule has 0 bridgehead atoms. The van der Waals surface area contributed by atoms with Crippen LogP contribution in [0, 0.1) is 6.92 Å². The first-order valence-corrected chi connectivity index (χ1v) is 9.88. The maximum absolute atomic E-state index is 12.5. The van der Waals surface area contributed by atoms with Gasteiger partial charge in [0.05, 0.1) is 11.9 Å². The second-order valence-corrected chi connectivity index (χ2v) is 7.55. The third kappa shape index (κ3) is 5.62. The van der Waals surface area contributed by atoms with Crippen molar-refractivity contribution in [3.63, 3.8) is 0 Å². The molecule has 1 unspecified atom stereocenters. The zero-order valence-corrected chi connectivity index (χ0v) is 17.0. The summed E-state index contributed by atoms with van der Waals surface area (Å²) in [4.78, 5) is 20.9. The molecule has 28 heavy (non-hydrogen) atoms. The Morgan fingerprint density at radius 2 is 1.96 bits per heavy atom. The van der Waals surface area contributed by atoms with Gasteiger partial charge in [0.2, 0.25) is 0 Å². The van der Waals surface area contributed by atoms with Gasteiger partial charge in [-0.25, -0.2) is 4.98 Å². The molecule has 1 aliphatic rings. The molecule has 0 saturated carbocycles. The summed E-state index contributed by atoms with van der Waals surface area (Å²) in [5.41, 5.74) is 2.20. The van der Waals surface area contributed by atoms with Crippen molar-refractivity contribution in [2.24, 2.45) is 0 Å². The second kappa shape index (κ2) is 9.44. The van der Waals surface area contributed by atoms with E-state index >= 15 is 0 Å². The number of hydrogen-bond acceptors (Lipinski definition) is 5. The molecular formula is C22H30N4O2. The summed E-state index contributed by atoms with van der Waals surface area (Å²) in [6, 6.07) is 12.2. The van der Waals surface area contributed by atoms with Crippen LogP contribution in [0.1, 0.15) is 24.8 Å². The molecule has 1 atom stereocenters. The summed E-state index contributed by atoms with van der Waals surface area (Å²) >= 11 is 0. The molecule has 150 valence electrons. The number of nitrogens with zero attached hydrogens (tertiary/aromatic N) is 3. The number of ether oxygens (including phenoxy) is 1. The minimum Gasteiger partial charge on any atom is -0.484 e. The van der Waals surface area contributed by atoms with Gasteiger partial charge < -0.3 is 19.9 Å². The van der Waals surface area contributed by atoms with Gasteiger partial charge in [0.1, 0.15) is 11.6 Å². The lowest BCUT2D eigenvalue weighted by Crippen LogP contribution is -2.36. The van der Waals surface area contributed by atoms with E-state index in [0.717, 1.165) is 49.6 Å². The molecule has 1 saturated heterocycles. The molecule has 1 aromatic carbocycles. The Bertz CT molecular complexity index is 759. The van der Waals surface area contributed by atoms with Crippen LogP contribution in [-0.2, 0) is 4.79 Å². The van der Waals surface area contributed by atoms with Crippen LogP contribution in [0.5, 0.6) is 5.75 Å². The highest BCUT2D eigenvalue weighted by Crippen LogP contribution is 2.19. The summed E-state index contributed by atoms with van der Waals surface area (Å²) in [6.07, 6.45) is 4.82. The smallest absolute Gasteiger partial charge is 0.260 e. The molecule has 0 radical (unpaired) electrons. The van der Waals surface area contributed by atoms with Crippen molar-refractivity contribution in [1.29, 1.82) is 0 Å². The summed E-state index contributed by atoms with van der Waals surface area (Å²) in [6.45, 7) is 3.66. The lowest BCUT2D eigenvalue weighted by atomic mass is 10.1. The van der Waals surface area contributed by atoms with E-state index in [1.54, 1.807) is 0 Å². The molecule has 1 aromatic heterocycles. The number of amides is 1. The van der Waals surface area contributed by atoms with E-state index in [4.69, 9.17) is 4.74 Å². The van der Waals surface area contributed by atoms with E-state index < -0.39 is 0 Å². The second-order valence-electron chi connectivity index (χ2n) is 7.55. The average molecular weight is 383 g/mol. The maximum atomic E-state index is 12.5. The standard InChI is InChI=1S/C22H30N4O2/c1-17-6-9-20(10-7-17)28-16-22(27)26-13-4-5-18(12-14-26)24-19-8-11-21(23-15-19)25(2)3/h6-11,15,18,24H,4-5,12-14,16H2,1-3H3. The number of carbonyl (C=O) groups excluding carboxylic acids is 1. The van der Waals surface area contributed by atoms with Crippen LogP contribution < -0.4 is 15.0 Å². The summed E-state index contributed by atoms with van der Waals surface area (Å²) in [7, 11) is 3.96. The molecule has 2 heterocycles. The van der Waals surface area contributed by atoms with Crippen LogP contribution in [0.4, 0.5) is 11.5 Å². The van der Waals surface area contributed by atoms with Crippen LogP contribution in [0.2, 0.25) is 0 Å². The number of rotatable bonds is 6. The van der Waals surface area contributed by atoms with E-state index in [9.17, 15) is 4.79 Å². The first kappa shape index (κ1) is 20.0. The maximum Gasteiger partial charge on any atom is 0.260 e. The molecule has 6 nitrogen and oxygen atoms in total. The Kier molecular flexibility index (Phi) is 6.74. The van der Waals surface area contributed by atoms with Gasteiger partial charge in [-0.05, 0) is 50.5 Å². The van der Waals surface area contributed by atoms with Crippen molar-refractivity contribution in [2.45, 2.75) is 32.2 Å². The third-order valence-electron chi connectivity index (χ3n) is 5.04. The van der Waals surface area contributed by atoms with Crippen molar-refractivity contribution < 1.29 is 9.53 Å². The first-order valence-electron chi connectivity index (χ1n) is 9.88. The Labute approximate surface area is 167 Å². The predicted octanol–water partition coefficient (Wildman–Crippen LogP) is 3.33. The van der Waals surface area contributed by atoms with Gasteiger partial charge in [0.25, 0.3) is 5.91 Å². The molecule has 1 fully saturated rings. The van der Waals surface area contributed by atoms with Gasteiger partial charge in [0.15, 0.2) is 6.61 Å². The van der Waals surface area contributed by atoms with E-state index in [0.29, 0.717) is 6.04 Å². The molecule has 1 aliphatic heterocycles. The average Bonchev–Trinajstić information content (AvgIpc) is 2.93. The van der Waals surface area contributed by atoms with Crippen LogP contribution in [0.25, 0.3) is 0 Å². The van der Waals surface area contributed by atoms with Crippen LogP contribution in [-0.4, -0.2) is 55.6 Å². The highest BCUT2D eigenvalue weighted by molar-refractivity contribution is 5.77. The van der Waals surface area contributed by atoms with Crippen LogP contribution >= 0.6 is 0 Å². The predicted molar refractivity (Wildman–Crippen MR) is 113 cm³/mol. The van der Waals surface area contributed by atoms with Crippen LogP contribution in [0.15, 0.2) is 42.6 Å². The third-order valence-corrected chi connectivity index (χ3v) is 5.04. The number of likely N-dealkylation sites (tertiary alicyclic amines) is 1. The minimum absolute atomic E-state index is 0.0539. The summed E-state index contributed by atoms with van der Waals surface area (Å²) < 4.78 is 5.65. The summed E-state index contributed by atoms with van der Waals surface area (Å²) in [5, 5.41) is 3.56. The highest BCUT2D eigenvalue weighted by Gasteiger charge is 2.21. The van der Waals surface area contributed by atoms with Gasteiger partial charge >= 0.3 is 0 Å². The summed E-state index contributed by atoms with van der Waals surface area (Å²) in [5.74, 6) is 1.73. The Balaban J connectivity index is 1.47. The normalized spacial score (nSPS) is 17.0. The monoisotopic (exact) mass is 382 g/mol. The number of carbonyl (C=O) groups is 1. The van der Waals surface area contributed by atoms with Gasteiger partial charge in [-0.1, -0.05) is 17.7 Å². The number of hydrogen-bond donors (Lipinski definition) is 1. The number of aromatic nitrogens is 1. The SMILES string of the molecule is Cc1ccc(OCC(=O)N2CCCC(Nc3ccc(N(C)C)nc3)CC2)cc1. The Morgan fingerprint density at radius 1 is 1.18 bits per heavy atom. The molecule has 1 N–H and O–H groups in total. The molecule has 0 spiro atoms. The first-order chi connectivity index (χ1) is 13.5. The van der Waals surface area contributed by atoms with Gasteiger partial charge in [-0.2, -0.15) is 0 Å². The molecular weight excluding hydrogens is 352 g/mol.